The van der Waals surface area contributed by atoms with Crippen molar-refractivity contribution >= 4 is 17.2 Å². The first-order valence-corrected chi connectivity index (χ1v) is 9.06. The van der Waals surface area contributed by atoms with Crippen LogP contribution in [0.4, 0.5) is 0 Å². The van der Waals surface area contributed by atoms with Crippen LogP contribution in [-0.2, 0) is 17.8 Å². The Balaban J connectivity index is 1.69. The molecule has 2 aromatic heterocycles. The van der Waals surface area contributed by atoms with E-state index in [2.05, 4.69) is 34.6 Å². The number of hydrogen-bond donors (Lipinski definition) is 0. The summed E-state index contributed by atoms with van der Waals surface area (Å²) in [7, 11) is 0. The van der Waals surface area contributed by atoms with E-state index < -0.39 is 0 Å². The number of pyridine rings is 1. The molecule has 1 atom stereocenters. The molecule has 3 nitrogen and oxygen atoms in total. The number of amides is 1. The van der Waals surface area contributed by atoms with E-state index in [-0.39, 0.29) is 11.8 Å². The molecule has 0 unspecified atom stereocenters. The van der Waals surface area contributed by atoms with Crippen molar-refractivity contribution in [2.75, 3.05) is 6.54 Å². The van der Waals surface area contributed by atoms with E-state index >= 15 is 0 Å². The van der Waals surface area contributed by atoms with Crippen LogP contribution >= 0.6 is 11.3 Å². The normalized spacial score (nSPS) is 17.1. The van der Waals surface area contributed by atoms with Gasteiger partial charge in [0.2, 0.25) is 5.91 Å². The number of hydrogen-bond acceptors (Lipinski definition) is 3. The molecule has 0 saturated carbocycles. The smallest absolute Gasteiger partial charge is 0.226 e. The van der Waals surface area contributed by atoms with E-state index in [0.29, 0.717) is 6.54 Å². The SMILES string of the molecule is O=C([C@@H]1CC=CCC1)N(CCc1cccs1)Cc1cccnc1. The predicted molar refractivity (Wildman–Crippen MR) is 94.2 cm³/mol. The fourth-order valence-electron chi connectivity index (χ4n) is 2.96. The van der Waals surface area contributed by atoms with E-state index in [1.54, 1.807) is 17.5 Å². The third kappa shape index (κ3) is 4.52. The molecule has 0 radical (unpaired) electrons. The molecule has 3 rings (SSSR count). The van der Waals surface area contributed by atoms with Gasteiger partial charge in [0.1, 0.15) is 0 Å². The van der Waals surface area contributed by atoms with Crippen LogP contribution in [0.25, 0.3) is 0 Å². The van der Waals surface area contributed by atoms with Gasteiger partial charge < -0.3 is 4.90 Å². The fourth-order valence-corrected chi connectivity index (χ4v) is 3.65. The summed E-state index contributed by atoms with van der Waals surface area (Å²) >= 11 is 1.76. The van der Waals surface area contributed by atoms with Crippen molar-refractivity contribution in [1.82, 2.24) is 9.88 Å². The van der Waals surface area contributed by atoms with Gasteiger partial charge in [0.15, 0.2) is 0 Å². The Labute approximate surface area is 141 Å². The lowest BCUT2D eigenvalue weighted by atomic mass is 9.93. The van der Waals surface area contributed by atoms with Gasteiger partial charge in [-0.2, -0.15) is 0 Å². The third-order valence-electron chi connectivity index (χ3n) is 4.23. The highest BCUT2D eigenvalue weighted by Crippen LogP contribution is 2.22. The number of rotatable bonds is 6. The maximum Gasteiger partial charge on any atom is 0.226 e. The summed E-state index contributed by atoms with van der Waals surface area (Å²) in [6.07, 6.45) is 11.7. The van der Waals surface area contributed by atoms with E-state index in [1.807, 2.05) is 23.2 Å². The monoisotopic (exact) mass is 326 g/mol. The number of allylic oxidation sites excluding steroid dienone is 2. The summed E-state index contributed by atoms with van der Waals surface area (Å²) in [6, 6.07) is 8.18. The summed E-state index contributed by atoms with van der Waals surface area (Å²) in [5.74, 6) is 0.426. The van der Waals surface area contributed by atoms with E-state index in [4.69, 9.17) is 0 Å². The van der Waals surface area contributed by atoms with Crippen molar-refractivity contribution < 1.29 is 4.79 Å². The first-order valence-electron chi connectivity index (χ1n) is 8.18. The van der Waals surface area contributed by atoms with Crippen LogP contribution < -0.4 is 0 Å². The Kier molecular flexibility index (Phi) is 5.59. The van der Waals surface area contributed by atoms with Crippen molar-refractivity contribution in [3.63, 3.8) is 0 Å². The Morgan fingerprint density at radius 2 is 2.26 bits per heavy atom. The minimum atomic E-state index is 0.139. The molecule has 120 valence electrons. The molecular formula is C19H22N2OS. The molecule has 1 aliphatic carbocycles. The van der Waals surface area contributed by atoms with Crippen molar-refractivity contribution in [3.8, 4) is 0 Å². The molecule has 0 N–H and O–H groups in total. The van der Waals surface area contributed by atoms with Gasteiger partial charge in [-0.25, -0.2) is 0 Å². The molecule has 0 aliphatic heterocycles. The standard InChI is InChI=1S/C19H22N2OS/c22-19(17-7-2-1-3-8-17)21(12-10-18-9-5-13-23-18)15-16-6-4-11-20-14-16/h1-2,4-6,9,11,13-14,17H,3,7-8,10,12,15H2/t17-/m1/s1. The van der Waals surface area contributed by atoms with E-state index in [0.717, 1.165) is 37.8 Å². The number of carbonyl (C=O) groups is 1. The zero-order valence-electron chi connectivity index (χ0n) is 13.2. The lowest BCUT2D eigenvalue weighted by Gasteiger charge is -2.28. The van der Waals surface area contributed by atoms with Gasteiger partial charge in [-0.15, -0.1) is 11.3 Å². The van der Waals surface area contributed by atoms with Crippen LogP contribution in [0.2, 0.25) is 0 Å². The second kappa shape index (κ2) is 8.06. The average Bonchev–Trinajstić information content (AvgIpc) is 3.13. The number of nitrogens with zero attached hydrogens (tertiary/aromatic N) is 2. The molecule has 1 amide bonds. The number of carbonyl (C=O) groups excluding carboxylic acids is 1. The van der Waals surface area contributed by atoms with Gasteiger partial charge in [0.25, 0.3) is 0 Å². The van der Waals surface area contributed by atoms with E-state index in [9.17, 15) is 4.79 Å². The Hall–Kier alpha value is -1.94. The number of aromatic nitrogens is 1. The zero-order chi connectivity index (χ0) is 15.9. The molecule has 0 bridgehead atoms. The van der Waals surface area contributed by atoms with Crippen molar-refractivity contribution in [3.05, 3.63) is 64.6 Å². The molecule has 2 heterocycles. The zero-order valence-corrected chi connectivity index (χ0v) is 14.0. The maximum absolute atomic E-state index is 12.9. The second-order valence-electron chi connectivity index (χ2n) is 5.93. The first-order chi connectivity index (χ1) is 11.3. The molecule has 0 spiro atoms. The van der Waals surface area contributed by atoms with Crippen molar-refractivity contribution in [1.29, 1.82) is 0 Å². The molecule has 2 aromatic rings. The second-order valence-corrected chi connectivity index (χ2v) is 6.96. The van der Waals surface area contributed by atoms with E-state index in [1.165, 1.54) is 4.88 Å². The van der Waals surface area contributed by atoms with Crippen LogP contribution in [0, 0.1) is 5.92 Å². The molecule has 0 fully saturated rings. The van der Waals surface area contributed by atoms with Gasteiger partial charge in [-0.3, -0.25) is 9.78 Å². The Bertz CT molecular complexity index is 637. The van der Waals surface area contributed by atoms with Gasteiger partial charge in [-0.05, 0) is 48.8 Å². The summed E-state index contributed by atoms with van der Waals surface area (Å²) in [6.45, 7) is 1.42. The Morgan fingerprint density at radius 1 is 1.30 bits per heavy atom. The highest BCUT2D eigenvalue weighted by atomic mass is 32.1. The molecule has 1 aliphatic rings. The lowest BCUT2D eigenvalue weighted by Crippen LogP contribution is -2.37. The highest BCUT2D eigenvalue weighted by molar-refractivity contribution is 7.09. The fraction of sp³-hybridized carbons (Fsp3) is 0.368. The summed E-state index contributed by atoms with van der Waals surface area (Å²) in [4.78, 5) is 20.5. The molecular weight excluding hydrogens is 304 g/mol. The van der Waals surface area contributed by atoms with Gasteiger partial charge >= 0.3 is 0 Å². The summed E-state index contributed by atoms with van der Waals surface area (Å²) in [5.41, 5.74) is 1.10. The van der Waals surface area contributed by atoms with Gasteiger partial charge in [-0.1, -0.05) is 24.3 Å². The van der Waals surface area contributed by atoms with Crippen molar-refractivity contribution in [2.24, 2.45) is 5.92 Å². The van der Waals surface area contributed by atoms with Crippen LogP contribution in [0.3, 0.4) is 0 Å². The largest absolute Gasteiger partial charge is 0.338 e. The van der Waals surface area contributed by atoms with Gasteiger partial charge in [0.05, 0.1) is 0 Å². The highest BCUT2D eigenvalue weighted by Gasteiger charge is 2.24. The quantitative estimate of drug-likeness (QED) is 0.750. The number of thiophene rings is 1. The van der Waals surface area contributed by atoms with Crippen LogP contribution in [0.5, 0.6) is 0 Å². The predicted octanol–water partition coefficient (Wildman–Crippen LogP) is 4.07. The maximum atomic E-state index is 12.9. The molecule has 23 heavy (non-hydrogen) atoms. The summed E-state index contributed by atoms with van der Waals surface area (Å²) < 4.78 is 0. The first kappa shape index (κ1) is 15.9. The molecule has 0 aromatic carbocycles. The minimum Gasteiger partial charge on any atom is -0.338 e. The topological polar surface area (TPSA) is 33.2 Å². The molecule has 0 saturated heterocycles. The Morgan fingerprint density at radius 3 is 2.96 bits per heavy atom. The van der Waals surface area contributed by atoms with Crippen LogP contribution in [0.1, 0.15) is 29.7 Å². The molecule has 4 heteroatoms. The lowest BCUT2D eigenvalue weighted by molar-refractivity contribution is -0.136. The van der Waals surface area contributed by atoms with Gasteiger partial charge in [0, 0.05) is 36.3 Å². The van der Waals surface area contributed by atoms with Crippen LogP contribution in [0.15, 0.2) is 54.2 Å². The minimum absolute atomic E-state index is 0.139. The third-order valence-corrected chi connectivity index (χ3v) is 5.17. The van der Waals surface area contributed by atoms with Crippen molar-refractivity contribution in [2.45, 2.75) is 32.2 Å². The summed E-state index contributed by atoms with van der Waals surface area (Å²) in [5, 5.41) is 2.09. The average molecular weight is 326 g/mol. The van der Waals surface area contributed by atoms with Crippen LogP contribution in [-0.4, -0.2) is 22.3 Å².